The summed E-state index contributed by atoms with van der Waals surface area (Å²) in [6.07, 6.45) is 1.63. The molecule has 19 heavy (non-hydrogen) atoms. The average Bonchev–Trinajstić information content (AvgIpc) is 2.57. The minimum Gasteiger partial charge on any atom is -0.341 e. The predicted octanol–water partition coefficient (Wildman–Crippen LogP) is -1.07. The van der Waals surface area contributed by atoms with Gasteiger partial charge in [0.15, 0.2) is 9.84 Å². The second-order valence-electron chi connectivity index (χ2n) is 5.44. The van der Waals surface area contributed by atoms with Crippen LogP contribution in [0.25, 0.3) is 0 Å². The maximum Gasteiger partial charge on any atom is 0.236 e. The third-order valence-corrected chi connectivity index (χ3v) is 5.69. The number of hydrogen-bond acceptors (Lipinski definition) is 5. The lowest BCUT2D eigenvalue weighted by molar-refractivity contribution is -0.132. The lowest BCUT2D eigenvalue weighted by atomic mass is 10.2. The van der Waals surface area contributed by atoms with Gasteiger partial charge >= 0.3 is 0 Å². The fraction of sp³-hybridized carbons (Fsp3) is 0.917. The number of nitrogens with one attached hydrogen (secondary N) is 1. The molecule has 1 unspecified atom stereocenters. The van der Waals surface area contributed by atoms with Crippen molar-refractivity contribution in [3.8, 4) is 0 Å². The van der Waals surface area contributed by atoms with Gasteiger partial charge in [-0.1, -0.05) is 0 Å². The van der Waals surface area contributed by atoms with Crippen molar-refractivity contribution < 1.29 is 13.2 Å². The molecule has 0 aromatic heterocycles. The number of carbonyl (C=O) groups excluding carboxylic acids is 1. The minimum absolute atomic E-state index is 0.0315. The van der Waals surface area contributed by atoms with Crippen molar-refractivity contribution >= 4 is 15.7 Å². The molecule has 2 rings (SSSR count). The van der Waals surface area contributed by atoms with Gasteiger partial charge in [0, 0.05) is 26.2 Å². The van der Waals surface area contributed by atoms with Crippen molar-refractivity contribution in [2.75, 3.05) is 51.3 Å². The molecule has 1 amide bonds. The zero-order valence-corrected chi connectivity index (χ0v) is 12.3. The van der Waals surface area contributed by atoms with Gasteiger partial charge in [-0.3, -0.25) is 9.69 Å². The van der Waals surface area contributed by atoms with Crippen LogP contribution < -0.4 is 5.32 Å². The quantitative estimate of drug-likeness (QED) is 0.716. The van der Waals surface area contributed by atoms with E-state index in [4.69, 9.17) is 0 Å². The maximum atomic E-state index is 12.2. The first-order valence-corrected chi connectivity index (χ1v) is 8.69. The summed E-state index contributed by atoms with van der Waals surface area (Å²) in [7, 11) is -1.20. The van der Waals surface area contributed by atoms with Gasteiger partial charge in [-0.05, 0) is 25.9 Å². The summed E-state index contributed by atoms with van der Waals surface area (Å²) in [4.78, 5) is 16.0. The molecule has 7 heteroatoms. The topological polar surface area (TPSA) is 69.7 Å². The lowest BCUT2D eigenvalue weighted by Gasteiger charge is -2.27. The van der Waals surface area contributed by atoms with Crippen molar-refractivity contribution in [3.63, 3.8) is 0 Å². The molecule has 0 aromatic rings. The Morgan fingerprint density at radius 2 is 2.16 bits per heavy atom. The van der Waals surface area contributed by atoms with E-state index in [9.17, 15) is 13.2 Å². The lowest BCUT2D eigenvalue weighted by Crippen LogP contribution is -2.44. The largest absolute Gasteiger partial charge is 0.341 e. The summed E-state index contributed by atoms with van der Waals surface area (Å²) in [5.74, 6) is 0.365. The number of nitrogens with zero attached hydrogens (tertiary/aromatic N) is 2. The van der Waals surface area contributed by atoms with Crippen LogP contribution in [-0.4, -0.2) is 81.4 Å². The third kappa shape index (κ3) is 4.15. The fourth-order valence-corrected chi connectivity index (χ4v) is 4.42. The number of amides is 1. The Balaban J connectivity index is 1.85. The van der Waals surface area contributed by atoms with Gasteiger partial charge < -0.3 is 10.2 Å². The SMILES string of the molecule is CN(C(=O)CN1CCCNCC1)C1CCS(=O)(=O)C1. The molecule has 0 saturated carbocycles. The molecule has 2 aliphatic heterocycles. The van der Waals surface area contributed by atoms with E-state index in [1.165, 1.54) is 0 Å². The van der Waals surface area contributed by atoms with E-state index in [0.717, 1.165) is 32.6 Å². The molecule has 0 bridgehead atoms. The van der Waals surface area contributed by atoms with Crippen LogP contribution in [0.2, 0.25) is 0 Å². The van der Waals surface area contributed by atoms with E-state index in [-0.39, 0.29) is 23.5 Å². The molecule has 2 heterocycles. The molecule has 110 valence electrons. The Morgan fingerprint density at radius 1 is 1.37 bits per heavy atom. The second-order valence-corrected chi connectivity index (χ2v) is 7.67. The zero-order chi connectivity index (χ0) is 13.9. The molecule has 6 nitrogen and oxygen atoms in total. The monoisotopic (exact) mass is 289 g/mol. The van der Waals surface area contributed by atoms with Gasteiger partial charge in [0.2, 0.25) is 5.91 Å². The summed E-state index contributed by atoms with van der Waals surface area (Å²) in [5.41, 5.74) is 0. The van der Waals surface area contributed by atoms with Crippen molar-refractivity contribution in [2.45, 2.75) is 18.9 Å². The second kappa shape index (κ2) is 6.19. The highest BCUT2D eigenvalue weighted by Crippen LogP contribution is 2.16. The fourth-order valence-electron chi connectivity index (χ4n) is 2.65. The van der Waals surface area contributed by atoms with E-state index in [2.05, 4.69) is 10.2 Å². The van der Waals surface area contributed by atoms with E-state index >= 15 is 0 Å². The van der Waals surface area contributed by atoms with Gasteiger partial charge in [-0.15, -0.1) is 0 Å². The van der Waals surface area contributed by atoms with Gasteiger partial charge in [0.25, 0.3) is 0 Å². The molecule has 2 fully saturated rings. The molecule has 0 spiro atoms. The third-order valence-electron chi connectivity index (χ3n) is 3.94. The zero-order valence-electron chi connectivity index (χ0n) is 11.5. The molecule has 2 saturated heterocycles. The number of carbonyl (C=O) groups is 1. The van der Waals surface area contributed by atoms with E-state index in [1.54, 1.807) is 11.9 Å². The van der Waals surface area contributed by atoms with Crippen molar-refractivity contribution in [3.05, 3.63) is 0 Å². The Kier molecular flexibility index (Phi) is 4.81. The molecular formula is C12H23N3O3S. The molecular weight excluding hydrogens is 266 g/mol. The molecule has 0 radical (unpaired) electrons. The van der Waals surface area contributed by atoms with Gasteiger partial charge in [-0.2, -0.15) is 0 Å². The molecule has 1 atom stereocenters. The van der Waals surface area contributed by atoms with Gasteiger partial charge in [0.1, 0.15) is 0 Å². The van der Waals surface area contributed by atoms with E-state index in [0.29, 0.717) is 13.0 Å². The number of rotatable bonds is 3. The first kappa shape index (κ1) is 14.7. The summed E-state index contributed by atoms with van der Waals surface area (Å²) < 4.78 is 22.9. The van der Waals surface area contributed by atoms with Crippen LogP contribution in [0.4, 0.5) is 0 Å². The summed E-state index contributed by atoms with van der Waals surface area (Å²) >= 11 is 0. The van der Waals surface area contributed by atoms with Crippen molar-refractivity contribution in [1.29, 1.82) is 0 Å². The number of hydrogen-bond donors (Lipinski definition) is 1. The highest BCUT2D eigenvalue weighted by molar-refractivity contribution is 7.91. The predicted molar refractivity (Wildman–Crippen MR) is 73.8 cm³/mol. The van der Waals surface area contributed by atoms with Crippen molar-refractivity contribution in [1.82, 2.24) is 15.1 Å². The highest BCUT2D eigenvalue weighted by Gasteiger charge is 2.33. The molecule has 2 aliphatic rings. The maximum absolute atomic E-state index is 12.2. The van der Waals surface area contributed by atoms with Crippen LogP contribution in [0, 0.1) is 0 Å². The average molecular weight is 289 g/mol. The van der Waals surface area contributed by atoms with Crippen molar-refractivity contribution in [2.24, 2.45) is 0 Å². The standard InChI is InChI=1S/C12H23N3O3S/c1-14(11-3-8-19(17,18)10-11)12(16)9-15-6-2-4-13-5-7-15/h11,13H,2-10H2,1H3. The molecule has 0 aromatic carbocycles. The Morgan fingerprint density at radius 3 is 2.84 bits per heavy atom. The number of sulfone groups is 1. The number of likely N-dealkylation sites (N-methyl/N-ethyl adjacent to an activating group) is 1. The normalized spacial score (nSPS) is 27.9. The summed E-state index contributed by atoms with van der Waals surface area (Å²) in [6.45, 7) is 4.11. The minimum atomic E-state index is -2.93. The smallest absolute Gasteiger partial charge is 0.236 e. The van der Waals surface area contributed by atoms with E-state index < -0.39 is 9.84 Å². The molecule has 0 aliphatic carbocycles. The first-order valence-electron chi connectivity index (χ1n) is 6.87. The van der Waals surface area contributed by atoms with E-state index in [1.807, 2.05) is 0 Å². The van der Waals surface area contributed by atoms with Crippen LogP contribution in [-0.2, 0) is 14.6 Å². The van der Waals surface area contributed by atoms with Crippen LogP contribution in [0.15, 0.2) is 0 Å². The first-order chi connectivity index (χ1) is 8.98. The van der Waals surface area contributed by atoms with Crippen LogP contribution in [0.3, 0.4) is 0 Å². The van der Waals surface area contributed by atoms with Crippen LogP contribution in [0.1, 0.15) is 12.8 Å². The summed E-state index contributed by atoms with van der Waals surface area (Å²) in [5, 5.41) is 3.30. The highest BCUT2D eigenvalue weighted by atomic mass is 32.2. The van der Waals surface area contributed by atoms with Gasteiger partial charge in [0.05, 0.1) is 18.1 Å². The summed E-state index contributed by atoms with van der Waals surface area (Å²) in [6, 6.07) is -0.136. The Labute approximate surface area is 115 Å². The molecule has 1 N–H and O–H groups in total. The Bertz CT molecular complexity index is 416. The van der Waals surface area contributed by atoms with Crippen LogP contribution >= 0.6 is 0 Å². The van der Waals surface area contributed by atoms with Gasteiger partial charge in [-0.25, -0.2) is 8.42 Å². The Hall–Kier alpha value is -0.660. The van der Waals surface area contributed by atoms with Crippen LogP contribution in [0.5, 0.6) is 0 Å².